The van der Waals surface area contributed by atoms with Crippen molar-refractivity contribution in [3.8, 4) is 0 Å². The Hall–Kier alpha value is -2.34. The second-order valence-corrected chi connectivity index (χ2v) is 6.49. The summed E-state index contributed by atoms with van der Waals surface area (Å²) in [5, 5.41) is 2.80. The van der Waals surface area contributed by atoms with Crippen LogP contribution in [0, 0.1) is 0 Å². The number of hydrogen-bond acceptors (Lipinski definition) is 3. The van der Waals surface area contributed by atoms with E-state index in [9.17, 15) is 9.59 Å². The van der Waals surface area contributed by atoms with Crippen LogP contribution in [0.15, 0.2) is 53.0 Å². The fraction of sp³-hybridized carbons (Fsp3) is 0.222. The van der Waals surface area contributed by atoms with Crippen molar-refractivity contribution in [2.24, 2.45) is 0 Å². The van der Waals surface area contributed by atoms with Crippen molar-refractivity contribution < 1.29 is 9.59 Å². The second kappa shape index (κ2) is 7.97. The largest absolute Gasteiger partial charge is 0.378 e. The summed E-state index contributed by atoms with van der Waals surface area (Å²) in [7, 11) is 3.90. The molecular formula is C18H20BrN3O2. The fourth-order valence-corrected chi connectivity index (χ4v) is 2.62. The van der Waals surface area contributed by atoms with E-state index in [1.165, 1.54) is 11.8 Å². The van der Waals surface area contributed by atoms with Gasteiger partial charge < -0.3 is 15.1 Å². The van der Waals surface area contributed by atoms with Crippen LogP contribution in [0.4, 0.5) is 17.1 Å². The molecule has 0 aromatic heterocycles. The Labute approximate surface area is 150 Å². The van der Waals surface area contributed by atoms with Crippen LogP contribution in [0.2, 0.25) is 0 Å². The van der Waals surface area contributed by atoms with Gasteiger partial charge in [-0.25, -0.2) is 0 Å². The number of benzene rings is 2. The van der Waals surface area contributed by atoms with Crippen LogP contribution in [-0.4, -0.2) is 32.5 Å². The number of rotatable bonds is 5. The molecule has 0 saturated carbocycles. The lowest BCUT2D eigenvalue weighted by Gasteiger charge is -2.22. The molecule has 0 aliphatic rings. The Kier molecular flexibility index (Phi) is 5.98. The van der Waals surface area contributed by atoms with Crippen LogP contribution in [0.25, 0.3) is 0 Å². The van der Waals surface area contributed by atoms with Crippen molar-refractivity contribution in [2.75, 3.05) is 35.8 Å². The third-order valence-electron chi connectivity index (χ3n) is 3.47. The average molecular weight is 390 g/mol. The lowest BCUT2D eigenvalue weighted by molar-refractivity contribution is -0.120. The molecule has 0 atom stereocenters. The number of hydrogen-bond donors (Lipinski definition) is 1. The van der Waals surface area contributed by atoms with Crippen LogP contribution in [0.1, 0.15) is 6.92 Å². The summed E-state index contributed by atoms with van der Waals surface area (Å²) in [6, 6.07) is 14.8. The molecule has 2 amide bonds. The first kappa shape index (κ1) is 18.0. The molecule has 0 bridgehead atoms. The summed E-state index contributed by atoms with van der Waals surface area (Å²) in [6.45, 7) is 1.41. The number of carbonyl (C=O) groups is 2. The van der Waals surface area contributed by atoms with E-state index >= 15 is 0 Å². The van der Waals surface area contributed by atoms with Crippen LogP contribution in [0.3, 0.4) is 0 Å². The third kappa shape index (κ3) is 4.83. The van der Waals surface area contributed by atoms with Crippen molar-refractivity contribution in [3.05, 3.63) is 53.0 Å². The Bertz CT molecular complexity index is 729. The topological polar surface area (TPSA) is 52.7 Å². The van der Waals surface area contributed by atoms with Crippen molar-refractivity contribution in [1.29, 1.82) is 0 Å². The molecule has 0 fully saturated rings. The predicted molar refractivity (Wildman–Crippen MR) is 102 cm³/mol. The molecule has 126 valence electrons. The van der Waals surface area contributed by atoms with E-state index in [-0.39, 0.29) is 18.4 Å². The number of amides is 2. The zero-order chi connectivity index (χ0) is 17.7. The molecule has 2 aromatic carbocycles. The van der Waals surface area contributed by atoms with E-state index in [1.807, 2.05) is 61.5 Å². The quantitative estimate of drug-likeness (QED) is 0.850. The monoisotopic (exact) mass is 389 g/mol. The molecule has 0 aliphatic heterocycles. The maximum Gasteiger partial charge on any atom is 0.244 e. The minimum atomic E-state index is -0.250. The minimum Gasteiger partial charge on any atom is -0.378 e. The summed E-state index contributed by atoms with van der Waals surface area (Å²) in [5.41, 5.74) is 2.40. The standard InChI is InChI=1S/C18H20BrN3O2/c1-13(23)22(17-9-7-16(8-10-17)21(2)3)12-18(24)20-15-6-4-5-14(19)11-15/h4-11H,12H2,1-3H3,(H,20,24). The lowest BCUT2D eigenvalue weighted by atomic mass is 10.2. The van der Waals surface area contributed by atoms with Gasteiger partial charge in [0.2, 0.25) is 11.8 Å². The Morgan fingerprint density at radius 3 is 2.21 bits per heavy atom. The molecule has 24 heavy (non-hydrogen) atoms. The molecule has 6 heteroatoms. The van der Waals surface area contributed by atoms with Gasteiger partial charge in [0.1, 0.15) is 6.54 Å². The first-order valence-corrected chi connectivity index (χ1v) is 8.27. The highest BCUT2D eigenvalue weighted by Crippen LogP contribution is 2.20. The Morgan fingerprint density at radius 1 is 1.04 bits per heavy atom. The van der Waals surface area contributed by atoms with Crippen molar-refractivity contribution in [2.45, 2.75) is 6.92 Å². The first-order valence-electron chi connectivity index (χ1n) is 7.47. The maximum atomic E-state index is 12.3. The van der Waals surface area contributed by atoms with Gasteiger partial charge in [-0.05, 0) is 42.5 Å². The molecule has 0 radical (unpaired) electrons. The van der Waals surface area contributed by atoms with E-state index in [1.54, 1.807) is 6.07 Å². The zero-order valence-electron chi connectivity index (χ0n) is 13.9. The summed E-state index contributed by atoms with van der Waals surface area (Å²) in [6.07, 6.45) is 0. The van der Waals surface area contributed by atoms with Gasteiger partial charge >= 0.3 is 0 Å². The number of nitrogens with one attached hydrogen (secondary N) is 1. The van der Waals surface area contributed by atoms with Crippen molar-refractivity contribution in [1.82, 2.24) is 0 Å². The number of halogens is 1. The molecule has 0 aliphatic carbocycles. The predicted octanol–water partition coefficient (Wildman–Crippen LogP) is 3.51. The minimum absolute atomic E-state index is 0.0385. The lowest BCUT2D eigenvalue weighted by Crippen LogP contribution is -2.36. The van der Waals surface area contributed by atoms with E-state index in [0.29, 0.717) is 11.4 Å². The van der Waals surface area contributed by atoms with Gasteiger partial charge in [-0.1, -0.05) is 22.0 Å². The highest BCUT2D eigenvalue weighted by molar-refractivity contribution is 9.10. The van der Waals surface area contributed by atoms with Gasteiger partial charge in [0.25, 0.3) is 0 Å². The molecule has 2 aromatic rings. The second-order valence-electron chi connectivity index (χ2n) is 5.57. The molecule has 2 rings (SSSR count). The average Bonchev–Trinajstić information content (AvgIpc) is 2.52. The summed E-state index contributed by atoms with van der Waals surface area (Å²) in [4.78, 5) is 27.6. The SMILES string of the molecule is CC(=O)N(CC(=O)Nc1cccc(Br)c1)c1ccc(N(C)C)cc1. The summed E-state index contributed by atoms with van der Waals surface area (Å²) >= 11 is 3.36. The Morgan fingerprint density at radius 2 is 1.67 bits per heavy atom. The Balaban J connectivity index is 2.10. The number of nitrogens with zero attached hydrogens (tertiary/aromatic N) is 2. The molecule has 0 heterocycles. The van der Waals surface area contributed by atoms with Crippen LogP contribution in [-0.2, 0) is 9.59 Å². The number of carbonyl (C=O) groups excluding carboxylic acids is 2. The van der Waals surface area contributed by atoms with Gasteiger partial charge in [-0.3, -0.25) is 9.59 Å². The fourth-order valence-electron chi connectivity index (χ4n) is 2.23. The first-order chi connectivity index (χ1) is 11.4. The zero-order valence-corrected chi connectivity index (χ0v) is 15.5. The van der Waals surface area contributed by atoms with Gasteiger partial charge in [-0.15, -0.1) is 0 Å². The molecule has 1 N–H and O–H groups in total. The maximum absolute atomic E-state index is 12.3. The third-order valence-corrected chi connectivity index (χ3v) is 3.96. The van der Waals surface area contributed by atoms with E-state index in [4.69, 9.17) is 0 Å². The summed E-state index contributed by atoms with van der Waals surface area (Å²) < 4.78 is 0.878. The molecule has 0 spiro atoms. The van der Waals surface area contributed by atoms with E-state index in [2.05, 4.69) is 21.2 Å². The van der Waals surface area contributed by atoms with E-state index in [0.717, 1.165) is 10.2 Å². The summed E-state index contributed by atoms with van der Waals surface area (Å²) in [5.74, 6) is -0.433. The van der Waals surface area contributed by atoms with Crippen LogP contribution < -0.4 is 15.1 Å². The van der Waals surface area contributed by atoms with Crippen molar-refractivity contribution >= 4 is 44.8 Å². The normalized spacial score (nSPS) is 10.2. The van der Waals surface area contributed by atoms with Crippen molar-refractivity contribution in [3.63, 3.8) is 0 Å². The number of anilines is 3. The molecule has 5 nitrogen and oxygen atoms in total. The van der Waals surface area contributed by atoms with Crippen LogP contribution >= 0.6 is 15.9 Å². The van der Waals surface area contributed by atoms with Crippen LogP contribution in [0.5, 0.6) is 0 Å². The van der Waals surface area contributed by atoms with Gasteiger partial charge in [0.15, 0.2) is 0 Å². The highest BCUT2D eigenvalue weighted by Gasteiger charge is 2.16. The molecule has 0 unspecified atom stereocenters. The molecular weight excluding hydrogens is 370 g/mol. The van der Waals surface area contributed by atoms with Gasteiger partial charge in [-0.2, -0.15) is 0 Å². The highest BCUT2D eigenvalue weighted by atomic mass is 79.9. The van der Waals surface area contributed by atoms with Gasteiger partial charge in [0.05, 0.1) is 0 Å². The van der Waals surface area contributed by atoms with E-state index < -0.39 is 0 Å². The van der Waals surface area contributed by atoms with Gasteiger partial charge in [0, 0.05) is 42.6 Å². The molecule has 0 saturated heterocycles. The smallest absolute Gasteiger partial charge is 0.244 e.